The molecule has 0 aliphatic heterocycles. The molecule has 5 heteroatoms. The number of aliphatic hydroxyl groups excluding tert-OH is 1. The topological polar surface area (TPSA) is 50.7 Å². The summed E-state index contributed by atoms with van der Waals surface area (Å²) in [6.45, 7) is 1.59. The standard InChI is InChI=1S/C14H18BrNO3/c1-3-6-19-14-5-4-12(15)7-11(14)8-16-9-13(17)10-18-2/h1,4-5,7,13,16-17H,6,8-10H2,2H3. The van der Waals surface area contributed by atoms with E-state index in [2.05, 4.69) is 27.2 Å². The summed E-state index contributed by atoms with van der Waals surface area (Å²) in [4.78, 5) is 0. The Labute approximate surface area is 122 Å². The van der Waals surface area contributed by atoms with Gasteiger partial charge in [0.15, 0.2) is 0 Å². The van der Waals surface area contributed by atoms with Gasteiger partial charge in [-0.1, -0.05) is 21.9 Å². The van der Waals surface area contributed by atoms with Gasteiger partial charge >= 0.3 is 0 Å². The first-order chi connectivity index (χ1) is 9.17. The fourth-order valence-corrected chi connectivity index (χ4v) is 1.98. The average molecular weight is 328 g/mol. The number of hydrogen-bond donors (Lipinski definition) is 2. The Balaban J connectivity index is 2.55. The number of rotatable bonds is 8. The van der Waals surface area contributed by atoms with E-state index in [1.165, 1.54) is 0 Å². The molecule has 0 aromatic heterocycles. The van der Waals surface area contributed by atoms with Gasteiger partial charge in [0.25, 0.3) is 0 Å². The van der Waals surface area contributed by atoms with Crippen LogP contribution >= 0.6 is 15.9 Å². The monoisotopic (exact) mass is 327 g/mol. The Bertz CT molecular complexity index is 431. The fraction of sp³-hybridized carbons (Fsp3) is 0.429. The molecule has 19 heavy (non-hydrogen) atoms. The molecule has 0 saturated carbocycles. The first-order valence-electron chi connectivity index (χ1n) is 5.89. The first kappa shape index (κ1) is 16.0. The average Bonchev–Trinajstić information content (AvgIpc) is 2.38. The van der Waals surface area contributed by atoms with Crippen molar-refractivity contribution in [3.63, 3.8) is 0 Å². The third-order valence-corrected chi connectivity index (χ3v) is 2.88. The zero-order valence-electron chi connectivity index (χ0n) is 10.9. The lowest BCUT2D eigenvalue weighted by Gasteiger charge is -2.13. The van der Waals surface area contributed by atoms with Crippen LogP contribution < -0.4 is 10.1 Å². The van der Waals surface area contributed by atoms with Gasteiger partial charge < -0.3 is 19.9 Å². The third kappa shape index (κ3) is 6.08. The predicted molar refractivity (Wildman–Crippen MR) is 78.1 cm³/mol. The molecular weight excluding hydrogens is 310 g/mol. The highest BCUT2D eigenvalue weighted by molar-refractivity contribution is 9.10. The van der Waals surface area contributed by atoms with Crippen LogP contribution in [0.5, 0.6) is 5.75 Å². The summed E-state index contributed by atoms with van der Waals surface area (Å²) in [5, 5.41) is 12.7. The van der Waals surface area contributed by atoms with Crippen molar-refractivity contribution in [1.82, 2.24) is 5.32 Å². The molecule has 1 aromatic rings. The number of halogens is 1. The molecule has 1 atom stereocenters. The summed E-state index contributed by atoms with van der Waals surface area (Å²) in [6, 6.07) is 5.72. The molecule has 0 aliphatic rings. The molecule has 1 unspecified atom stereocenters. The molecule has 0 heterocycles. The van der Waals surface area contributed by atoms with Gasteiger partial charge in [-0.3, -0.25) is 0 Å². The molecule has 1 rings (SSSR count). The summed E-state index contributed by atoms with van der Waals surface area (Å²) in [7, 11) is 1.56. The van der Waals surface area contributed by atoms with E-state index in [-0.39, 0.29) is 6.61 Å². The van der Waals surface area contributed by atoms with E-state index in [1.54, 1.807) is 7.11 Å². The highest BCUT2D eigenvalue weighted by Gasteiger charge is 2.06. The minimum Gasteiger partial charge on any atom is -0.481 e. The molecule has 0 bridgehead atoms. The van der Waals surface area contributed by atoms with Crippen LogP contribution in [0.4, 0.5) is 0 Å². The Hall–Kier alpha value is -1.06. The molecule has 0 spiro atoms. The van der Waals surface area contributed by atoms with Crippen LogP contribution in [0.3, 0.4) is 0 Å². The minimum absolute atomic E-state index is 0.237. The predicted octanol–water partition coefficient (Wildman–Crippen LogP) is 1.56. The lowest BCUT2D eigenvalue weighted by atomic mass is 10.2. The van der Waals surface area contributed by atoms with E-state index in [0.29, 0.717) is 19.7 Å². The Morgan fingerprint density at radius 1 is 1.53 bits per heavy atom. The van der Waals surface area contributed by atoms with Crippen molar-refractivity contribution in [2.45, 2.75) is 12.6 Å². The number of aliphatic hydroxyl groups is 1. The third-order valence-electron chi connectivity index (χ3n) is 2.39. The van der Waals surface area contributed by atoms with Crippen LogP contribution in [0, 0.1) is 12.3 Å². The largest absolute Gasteiger partial charge is 0.481 e. The number of methoxy groups -OCH3 is 1. The van der Waals surface area contributed by atoms with Crippen molar-refractivity contribution in [3.8, 4) is 18.1 Å². The minimum atomic E-state index is -0.521. The maximum Gasteiger partial charge on any atom is 0.148 e. The number of hydrogen-bond acceptors (Lipinski definition) is 4. The maximum atomic E-state index is 9.54. The quantitative estimate of drug-likeness (QED) is 0.711. The molecule has 4 nitrogen and oxygen atoms in total. The highest BCUT2D eigenvalue weighted by Crippen LogP contribution is 2.23. The van der Waals surface area contributed by atoms with Crippen LogP contribution in [-0.2, 0) is 11.3 Å². The number of benzene rings is 1. The Morgan fingerprint density at radius 3 is 3.00 bits per heavy atom. The Kier molecular flexibility index (Phi) is 7.53. The van der Waals surface area contributed by atoms with Crippen LogP contribution in [-0.4, -0.2) is 38.1 Å². The highest BCUT2D eigenvalue weighted by atomic mass is 79.9. The van der Waals surface area contributed by atoms with E-state index >= 15 is 0 Å². The van der Waals surface area contributed by atoms with Crippen molar-refractivity contribution in [2.75, 3.05) is 26.9 Å². The van der Waals surface area contributed by atoms with Crippen molar-refractivity contribution in [3.05, 3.63) is 28.2 Å². The van der Waals surface area contributed by atoms with Gasteiger partial charge in [-0.25, -0.2) is 0 Å². The van der Waals surface area contributed by atoms with Crippen LogP contribution in [0.15, 0.2) is 22.7 Å². The molecule has 104 valence electrons. The second-order valence-corrected chi connectivity index (χ2v) is 4.90. The summed E-state index contributed by atoms with van der Waals surface area (Å²) in [5.41, 5.74) is 0.981. The van der Waals surface area contributed by atoms with E-state index in [4.69, 9.17) is 15.9 Å². The first-order valence-corrected chi connectivity index (χ1v) is 6.69. The van der Waals surface area contributed by atoms with Gasteiger partial charge in [-0.2, -0.15) is 0 Å². The van der Waals surface area contributed by atoms with Gasteiger partial charge in [-0.05, 0) is 18.2 Å². The van der Waals surface area contributed by atoms with Gasteiger partial charge in [-0.15, -0.1) is 6.42 Å². The van der Waals surface area contributed by atoms with Gasteiger partial charge in [0.2, 0.25) is 0 Å². The number of nitrogens with one attached hydrogen (secondary N) is 1. The SMILES string of the molecule is C#CCOc1ccc(Br)cc1CNCC(O)COC. The maximum absolute atomic E-state index is 9.54. The lowest BCUT2D eigenvalue weighted by molar-refractivity contribution is 0.0644. The molecule has 2 N–H and O–H groups in total. The summed E-state index contributed by atoms with van der Waals surface area (Å²) in [5.74, 6) is 3.18. The number of terminal acetylenes is 1. The summed E-state index contributed by atoms with van der Waals surface area (Å²) in [6.07, 6.45) is 4.66. The van der Waals surface area contributed by atoms with Crippen molar-refractivity contribution in [1.29, 1.82) is 0 Å². The van der Waals surface area contributed by atoms with Crippen LogP contribution in [0.25, 0.3) is 0 Å². The molecule has 0 radical (unpaired) electrons. The number of ether oxygens (including phenoxy) is 2. The van der Waals surface area contributed by atoms with Crippen molar-refractivity contribution >= 4 is 15.9 Å². The second-order valence-electron chi connectivity index (χ2n) is 3.98. The van der Waals surface area contributed by atoms with Crippen molar-refractivity contribution < 1.29 is 14.6 Å². The molecular formula is C14H18BrNO3. The van der Waals surface area contributed by atoms with E-state index in [0.717, 1.165) is 15.8 Å². The molecule has 0 saturated heterocycles. The summed E-state index contributed by atoms with van der Waals surface area (Å²) < 4.78 is 11.3. The van der Waals surface area contributed by atoms with Crippen LogP contribution in [0.1, 0.15) is 5.56 Å². The summed E-state index contributed by atoms with van der Waals surface area (Å²) >= 11 is 3.42. The van der Waals surface area contributed by atoms with E-state index in [9.17, 15) is 5.11 Å². The second kappa shape index (κ2) is 8.94. The smallest absolute Gasteiger partial charge is 0.148 e. The molecule has 0 aliphatic carbocycles. The lowest BCUT2D eigenvalue weighted by Crippen LogP contribution is -2.29. The van der Waals surface area contributed by atoms with Gasteiger partial charge in [0.05, 0.1) is 12.7 Å². The fourth-order valence-electron chi connectivity index (χ4n) is 1.57. The zero-order valence-corrected chi connectivity index (χ0v) is 12.4. The zero-order chi connectivity index (χ0) is 14.1. The van der Waals surface area contributed by atoms with Crippen molar-refractivity contribution in [2.24, 2.45) is 0 Å². The van der Waals surface area contributed by atoms with Crippen LogP contribution in [0.2, 0.25) is 0 Å². The molecule has 0 fully saturated rings. The van der Waals surface area contributed by atoms with Gasteiger partial charge in [0.1, 0.15) is 12.4 Å². The van der Waals surface area contributed by atoms with E-state index < -0.39 is 6.10 Å². The van der Waals surface area contributed by atoms with Gasteiger partial charge in [0, 0.05) is 30.2 Å². The molecule has 0 amide bonds. The molecule has 1 aromatic carbocycles. The normalized spacial score (nSPS) is 11.9. The Morgan fingerprint density at radius 2 is 2.32 bits per heavy atom. The van der Waals surface area contributed by atoms with E-state index in [1.807, 2.05) is 18.2 Å².